The Labute approximate surface area is 117 Å². The highest BCUT2D eigenvalue weighted by atomic mass is 35.5. The molecule has 6 nitrogen and oxygen atoms in total. The standard InChI is InChI=1S/C10H7ClN2O4S2/c11-8-2-1-7(4-12-8)13-19(16,17)9-3-6(5-18-9)10(14)15/h1-5,13H,(H,14,15). The Hall–Kier alpha value is -1.64. The molecule has 0 aliphatic heterocycles. The molecule has 2 aromatic heterocycles. The third kappa shape index (κ3) is 3.22. The van der Waals surface area contributed by atoms with Gasteiger partial charge in [0.1, 0.15) is 9.36 Å². The highest BCUT2D eigenvalue weighted by molar-refractivity contribution is 7.94. The topological polar surface area (TPSA) is 96.4 Å². The summed E-state index contributed by atoms with van der Waals surface area (Å²) in [6.07, 6.45) is 1.27. The molecule has 0 fully saturated rings. The van der Waals surface area contributed by atoms with Gasteiger partial charge in [0, 0.05) is 5.38 Å². The van der Waals surface area contributed by atoms with Crippen LogP contribution in [0.25, 0.3) is 0 Å². The van der Waals surface area contributed by atoms with Gasteiger partial charge in [-0.15, -0.1) is 11.3 Å². The van der Waals surface area contributed by atoms with Crippen molar-refractivity contribution in [1.82, 2.24) is 4.98 Å². The molecule has 9 heteroatoms. The molecule has 2 rings (SSSR count). The zero-order valence-corrected chi connectivity index (χ0v) is 11.6. The number of thiophene rings is 1. The van der Waals surface area contributed by atoms with Crippen LogP contribution >= 0.6 is 22.9 Å². The van der Waals surface area contributed by atoms with Crippen molar-refractivity contribution in [2.24, 2.45) is 0 Å². The Balaban J connectivity index is 2.26. The summed E-state index contributed by atoms with van der Waals surface area (Å²) in [4.78, 5) is 14.4. The second kappa shape index (κ2) is 5.16. The monoisotopic (exact) mass is 318 g/mol. The Bertz CT molecular complexity index is 709. The maximum atomic E-state index is 12.0. The number of aromatic carboxylic acids is 1. The van der Waals surface area contributed by atoms with Crippen LogP contribution < -0.4 is 4.72 Å². The molecule has 0 bridgehead atoms. The summed E-state index contributed by atoms with van der Waals surface area (Å²) in [6.45, 7) is 0. The van der Waals surface area contributed by atoms with Crippen molar-refractivity contribution in [2.75, 3.05) is 4.72 Å². The van der Waals surface area contributed by atoms with E-state index in [1.54, 1.807) is 0 Å². The number of anilines is 1. The number of nitrogens with one attached hydrogen (secondary N) is 1. The fourth-order valence-corrected chi connectivity index (χ4v) is 3.52. The first kappa shape index (κ1) is 13.8. The number of carbonyl (C=O) groups is 1. The molecule has 0 unspecified atom stereocenters. The zero-order valence-electron chi connectivity index (χ0n) is 9.20. The van der Waals surface area contributed by atoms with Crippen molar-refractivity contribution in [3.05, 3.63) is 40.5 Å². The predicted octanol–water partition coefficient (Wildman–Crippen LogP) is 2.30. The maximum Gasteiger partial charge on any atom is 0.336 e. The minimum atomic E-state index is -3.82. The summed E-state index contributed by atoms with van der Waals surface area (Å²) in [6, 6.07) is 3.99. The van der Waals surface area contributed by atoms with E-state index in [-0.39, 0.29) is 20.6 Å². The van der Waals surface area contributed by atoms with Crippen molar-refractivity contribution in [2.45, 2.75) is 4.21 Å². The Morgan fingerprint density at radius 2 is 2.16 bits per heavy atom. The molecule has 0 atom stereocenters. The van der Waals surface area contributed by atoms with E-state index in [0.29, 0.717) is 0 Å². The predicted molar refractivity (Wildman–Crippen MR) is 71.3 cm³/mol. The molecule has 0 radical (unpaired) electrons. The molecule has 0 aliphatic carbocycles. The average Bonchev–Trinajstić information content (AvgIpc) is 2.82. The minimum Gasteiger partial charge on any atom is -0.478 e. The van der Waals surface area contributed by atoms with Gasteiger partial charge in [-0.1, -0.05) is 11.6 Å². The number of nitrogens with zero attached hydrogens (tertiary/aromatic N) is 1. The SMILES string of the molecule is O=C(O)c1csc(S(=O)(=O)Nc2ccc(Cl)nc2)c1. The van der Waals surface area contributed by atoms with Crippen LogP contribution in [0, 0.1) is 0 Å². The van der Waals surface area contributed by atoms with Crippen LogP contribution in [0.4, 0.5) is 5.69 Å². The van der Waals surface area contributed by atoms with E-state index in [1.807, 2.05) is 0 Å². The lowest BCUT2D eigenvalue weighted by atomic mass is 10.4. The lowest BCUT2D eigenvalue weighted by Gasteiger charge is -2.05. The second-order valence-electron chi connectivity index (χ2n) is 3.43. The first-order chi connectivity index (χ1) is 8.88. The number of halogens is 1. The Morgan fingerprint density at radius 3 is 2.68 bits per heavy atom. The molecule has 0 spiro atoms. The van der Waals surface area contributed by atoms with Crippen LogP contribution in [-0.2, 0) is 10.0 Å². The molecule has 0 aromatic carbocycles. The average molecular weight is 319 g/mol. The normalized spacial score (nSPS) is 11.2. The Kier molecular flexibility index (Phi) is 3.74. The molecular formula is C10H7ClN2O4S2. The lowest BCUT2D eigenvalue weighted by Crippen LogP contribution is -2.11. The van der Waals surface area contributed by atoms with E-state index in [1.165, 1.54) is 23.7 Å². The van der Waals surface area contributed by atoms with Gasteiger partial charge in [-0.2, -0.15) is 0 Å². The van der Waals surface area contributed by atoms with Crippen molar-refractivity contribution in [1.29, 1.82) is 0 Å². The molecule has 0 aliphatic rings. The molecule has 0 saturated carbocycles. The fourth-order valence-electron chi connectivity index (χ4n) is 1.21. The van der Waals surface area contributed by atoms with Crippen molar-refractivity contribution < 1.29 is 18.3 Å². The maximum absolute atomic E-state index is 12.0. The number of sulfonamides is 1. The van der Waals surface area contributed by atoms with Gasteiger partial charge in [0.25, 0.3) is 10.0 Å². The number of carboxylic acid groups (broad SMARTS) is 1. The molecule has 0 saturated heterocycles. The first-order valence-corrected chi connectivity index (χ1v) is 7.59. The number of hydrogen-bond donors (Lipinski definition) is 2. The zero-order chi connectivity index (χ0) is 14.0. The second-order valence-corrected chi connectivity index (χ2v) is 6.64. The summed E-state index contributed by atoms with van der Waals surface area (Å²) in [5, 5.41) is 10.3. The molecule has 2 N–H and O–H groups in total. The Morgan fingerprint density at radius 1 is 1.42 bits per heavy atom. The van der Waals surface area contributed by atoms with Crippen LogP contribution in [0.15, 0.2) is 34.0 Å². The summed E-state index contributed by atoms with van der Waals surface area (Å²) in [7, 11) is -3.82. The number of aromatic nitrogens is 1. The van der Waals surface area contributed by atoms with E-state index < -0.39 is 16.0 Å². The van der Waals surface area contributed by atoms with Gasteiger partial charge < -0.3 is 5.11 Å². The summed E-state index contributed by atoms with van der Waals surface area (Å²) in [5.41, 5.74) is 0.175. The van der Waals surface area contributed by atoms with E-state index in [0.717, 1.165) is 17.4 Å². The van der Waals surface area contributed by atoms with Crippen LogP contribution in [-0.4, -0.2) is 24.5 Å². The van der Waals surface area contributed by atoms with Gasteiger partial charge in [0.2, 0.25) is 0 Å². The van der Waals surface area contributed by atoms with Crippen LogP contribution in [0.2, 0.25) is 5.15 Å². The van der Waals surface area contributed by atoms with Gasteiger partial charge >= 0.3 is 5.97 Å². The molecule has 2 heterocycles. The number of hydrogen-bond acceptors (Lipinski definition) is 5. The molecule has 2 aromatic rings. The van der Waals surface area contributed by atoms with Crippen LogP contribution in [0.5, 0.6) is 0 Å². The van der Waals surface area contributed by atoms with E-state index in [4.69, 9.17) is 16.7 Å². The van der Waals surface area contributed by atoms with Crippen molar-refractivity contribution >= 4 is 44.6 Å². The summed E-state index contributed by atoms with van der Waals surface area (Å²) in [5.74, 6) is -1.18. The molecule has 19 heavy (non-hydrogen) atoms. The number of carboxylic acids is 1. The van der Waals surface area contributed by atoms with E-state index in [2.05, 4.69) is 9.71 Å². The van der Waals surface area contributed by atoms with Crippen molar-refractivity contribution in [3.8, 4) is 0 Å². The molecule has 0 amide bonds. The van der Waals surface area contributed by atoms with E-state index in [9.17, 15) is 13.2 Å². The quantitative estimate of drug-likeness (QED) is 0.843. The molecule has 100 valence electrons. The lowest BCUT2D eigenvalue weighted by molar-refractivity contribution is 0.0697. The highest BCUT2D eigenvalue weighted by Crippen LogP contribution is 2.23. The van der Waals surface area contributed by atoms with Crippen LogP contribution in [0.3, 0.4) is 0 Å². The van der Waals surface area contributed by atoms with Gasteiger partial charge in [-0.3, -0.25) is 4.72 Å². The smallest absolute Gasteiger partial charge is 0.336 e. The third-order valence-corrected chi connectivity index (χ3v) is 5.11. The largest absolute Gasteiger partial charge is 0.478 e. The van der Waals surface area contributed by atoms with Crippen molar-refractivity contribution in [3.63, 3.8) is 0 Å². The van der Waals surface area contributed by atoms with Gasteiger partial charge in [0.15, 0.2) is 0 Å². The van der Waals surface area contributed by atoms with E-state index >= 15 is 0 Å². The number of rotatable bonds is 4. The first-order valence-electron chi connectivity index (χ1n) is 4.85. The third-order valence-electron chi connectivity index (χ3n) is 2.07. The molecular weight excluding hydrogens is 312 g/mol. The van der Waals surface area contributed by atoms with Gasteiger partial charge in [0.05, 0.1) is 17.4 Å². The van der Waals surface area contributed by atoms with Crippen LogP contribution in [0.1, 0.15) is 10.4 Å². The number of pyridine rings is 1. The highest BCUT2D eigenvalue weighted by Gasteiger charge is 2.19. The minimum absolute atomic E-state index is 0.0698. The van der Waals surface area contributed by atoms with Gasteiger partial charge in [-0.25, -0.2) is 18.2 Å². The summed E-state index contributed by atoms with van der Waals surface area (Å²) < 4.78 is 26.1. The summed E-state index contributed by atoms with van der Waals surface area (Å²) >= 11 is 6.42. The fraction of sp³-hybridized carbons (Fsp3) is 0. The van der Waals surface area contributed by atoms with Gasteiger partial charge in [-0.05, 0) is 18.2 Å².